The number of hydrogen-bond acceptors (Lipinski definition) is 1. The Morgan fingerprint density at radius 2 is 1.00 bits per heavy atom. The standard InChI is InChI=1S/C6H19N2Si2.Li/c1-9(2,3)8(7)10(4,5)6;/h7H,1-6H3;/q-1;+1. The van der Waals surface area contributed by atoms with Crippen molar-refractivity contribution in [2.75, 3.05) is 0 Å². The van der Waals surface area contributed by atoms with Gasteiger partial charge in [0.25, 0.3) is 0 Å². The molecular weight excluding hydrogens is 163 g/mol. The summed E-state index contributed by atoms with van der Waals surface area (Å²) in [7, 11) is -2.67. The third-order valence-electron chi connectivity index (χ3n) is 1.34. The molecular formula is C6H19LiN2Si2. The van der Waals surface area contributed by atoms with Gasteiger partial charge in [-0.1, -0.05) is 39.3 Å². The van der Waals surface area contributed by atoms with Crippen LogP contribution in [0.2, 0.25) is 39.3 Å². The molecule has 2 nitrogen and oxygen atoms in total. The first-order chi connectivity index (χ1) is 4.15. The Hall–Kier alpha value is 0.951. The van der Waals surface area contributed by atoms with Crippen LogP contribution in [0.4, 0.5) is 0 Å². The number of nitrogens with one attached hydrogen (secondary N) is 1. The van der Waals surface area contributed by atoms with Gasteiger partial charge in [-0.05, 0) is 0 Å². The first kappa shape index (κ1) is 14.5. The van der Waals surface area contributed by atoms with Gasteiger partial charge < -0.3 is 10.2 Å². The van der Waals surface area contributed by atoms with Crippen LogP contribution in [0.25, 0.3) is 5.84 Å². The molecule has 0 aliphatic heterocycles. The van der Waals surface area contributed by atoms with Crippen molar-refractivity contribution in [1.82, 2.24) is 4.34 Å². The van der Waals surface area contributed by atoms with E-state index in [0.717, 1.165) is 0 Å². The maximum Gasteiger partial charge on any atom is 1.00 e. The van der Waals surface area contributed by atoms with E-state index >= 15 is 0 Å². The first-order valence-corrected chi connectivity index (χ1v) is 10.6. The predicted molar refractivity (Wildman–Crippen MR) is 52.9 cm³/mol. The topological polar surface area (TPSA) is 27.0 Å². The molecule has 0 aromatic rings. The zero-order valence-corrected chi connectivity index (χ0v) is 10.9. The quantitative estimate of drug-likeness (QED) is 0.434. The SMILES string of the molecule is C[Si](C)(C)N([NH-])[Si](C)(C)C.[Li+]. The van der Waals surface area contributed by atoms with Gasteiger partial charge in [0.05, 0.1) is 16.5 Å². The van der Waals surface area contributed by atoms with Crippen molar-refractivity contribution in [3.05, 3.63) is 5.84 Å². The van der Waals surface area contributed by atoms with E-state index in [1.807, 2.05) is 4.34 Å². The average Bonchev–Trinajstić information content (AvgIpc) is 1.59. The van der Waals surface area contributed by atoms with E-state index in [9.17, 15) is 0 Å². The average molecular weight is 182 g/mol. The van der Waals surface area contributed by atoms with Crippen LogP contribution in [0.3, 0.4) is 0 Å². The summed E-state index contributed by atoms with van der Waals surface area (Å²) in [5.74, 6) is 7.83. The number of hydrogen-bond donors (Lipinski definition) is 0. The Labute approximate surface area is 84.9 Å². The molecule has 0 saturated heterocycles. The van der Waals surface area contributed by atoms with Gasteiger partial charge >= 0.3 is 18.9 Å². The maximum absolute atomic E-state index is 7.83. The smallest absolute Gasteiger partial charge is 0.624 e. The van der Waals surface area contributed by atoms with Crippen LogP contribution in [-0.2, 0) is 0 Å². The predicted octanol–water partition coefficient (Wildman–Crippen LogP) is -0.0706. The number of rotatable bonds is 2. The molecule has 0 rings (SSSR count). The summed E-state index contributed by atoms with van der Waals surface area (Å²) >= 11 is 0. The normalized spacial score (nSPS) is 13.1. The fraction of sp³-hybridized carbons (Fsp3) is 1.00. The molecule has 0 fully saturated rings. The molecule has 0 heterocycles. The van der Waals surface area contributed by atoms with Crippen molar-refractivity contribution in [2.24, 2.45) is 0 Å². The van der Waals surface area contributed by atoms with E-state index in [1.165, 1.54) is 0 Å². The van der Waals surface area contributed by atoms with Gasteiger partial charge in [-0.15, -0.1) is 0 Å². The van der Waals surface area contributed by atoms with E-state index < -0.39 is 16.5 Å². The summed E-state index contributed by atoms with van der Waals surface area (Å²) in [5.41, 5.74) is 0. The molecule has 0 spiro atoms. The largest absolute Gasteiger partial charge is 1.00 e. The Kier molecular flexibility index (Phi) is 5.61. The van der Waals surface area contributed by atoms with E-state index in [4.69, 9.17) is 5.84 Å². The van der Waals surface area contributed by atoms with Crippen molar-refractivity contribution in [3.63, 3.8) is 0 Å². The summed E-state index contributed by atoms with van der Waals surface area (Å²) < 4.78 is 1.90. The minimum atomic E-state index is -1.33. The molecule has 0 saturated carbocycles. The van der Waals surface area contributed by atoms with Crippen LogP contribution in [-0.4, -0.2) is 20.8 Å². The van der Waals surface area contributed by atoms with Gasteiger partial charge in [-0.25, -0.2) is 0 Å². The second kappa shape index (κ2) is 4.26. The van der Waals surface area contributed by atoms with Crippen molar-refractivity contribution < 1.29 is 18.9 Å². The van der Waals surface area contributed by atoms with Gasteiger partial charge in [-0.2, -0.15) is 0 Å². The number of nitrogens with zero attached hydrogens (tertiary/aromatic N) is 1. The van der Waals surface area contributed by atoms with Crippen LogP contribution in [0.5, 0.6) is 0 Å². The van der Waals surface area contributed by atoms with Crippen LogP contribution in [0.1, 0.15) is 0 Å². The molecule has 5 heteroatoms. The Morgan fingerprint density at radius 1 is 0.818 bits per heavy atom. The zero-order valence-electron chi connectivity index (χ0n) is 8.95. The Morgan fingerprint density at radius 3 is 1.00 bits per heavy atom. The van der Waals surface area contributed by atoms with Gasteiger partial charge in [0, 0.05) is 0 Å². The van der Waals surface area contributed by atoms with E-state index in [1.54, 1.807) is 0 Å². The molecule has 0 aromatic carbocycles. The van der Waals surface area contributed by atoms with Crippen molar-refractivity contribution in [1.29, 1.82) is 0 Å². The molecule has 62 valence electrons. The molecule has 0 unspecified atom stereocenters. The van der Waals surface area contributed by atoms with Crippen molar-refractivity contribution in [3.8, 4) is 0 Å². The minimum absolute atomic E-state index is 0. The molecule has 0 atom stereocenters. The summed E-state index contributed by atoms with van der Waals surface area (Å²) in [6.07, 6.45) is 0. The van der Waals surface area contributed by atoms with Crippen molar-refractivity contribution in [2.45, 2.75) is 39.3 Å². The van der Waals surface area contributed by atoms with Crippen molar-refractivity contribution >= 4 is 16.5 Å². The van der Waals surface area contributed by atoms with E-state index in [-0.39, 0.29) is 18.9 Å². The Balaban J connectivity index is 0. The van der Waals surface area contributed by atoms with E-state index in [2.05, 4.69) is 39.3 Å². The van der Waals surface area contributed by atoms with Crippen LogP contribution < -0.4 is 18.9 Å². The molecule has 11 heavy (non-hydrogen) atoms. The van der Waals surface area contributed by atoms with Crippen LogP contribution >= 0.6 is 0 Å². The van der Waals surface area contributed by atoms with Gasteiger partial charge in [0.1, 0.15) is 0 Å². The molecule has 1 N–H and O–H groups in total. The van der Waals surface area contributed by atoms with E-state index in [0.29, 0.717) is 0 Å². The summed E-state index contributed by atoms with van der Waals surface area (Å²) in [6.45, 7) is 13.3. The fourth-order valence-electron chi connectivity index (χ4n) is 1.01. The molecule has 0 amide bonds. The van der Waals surface area contributed by atoms with Gasteiger partial charge in [0.2, 0.25) is 0 Å². The Bertz CT molecular complexity index is 103. The molecule has 0 radical (unpaired) electrons. The van der Waals surface area contributed by atoms with Crippen LogP contribution in [0.15, 0.2) is 0 Å². The molecule has 0 aromatic heterocycles. The molecule has 0 aliphatic carbocycles. The first-order valence-electron chi connectivity index (χ1n) is 3.67. The molecule has 0 bridgehead atoms. The maximum atomic E-state index is 7.83. The van der Waals surface area contributed by atoms with Gasteiger partial charge in [0.15, 0.2) is 0 Å². The summed E-state index contributed by atoms with van der Waals surface area (Å²) in [4.78, 5) is 0. The third-order valence-corrected chi connectivity index (χ3v) is 8.05. The second-order valence-electron chi connectivity index (χ2n) is 4.68. The minimum Gasteiger partial charge on any atom is -0.624 e. The van der Waals surface area contributed by atoms with Gasteiger partial charge in [-0.3, -0.25) is 0 Å². The summed E-state index contributed by atoms with van der Waals surface area (Å²) in [5, 5.41) is 0. The fourth-order valence-corrected chi connectivity index (χ4v) is 9.06. The second-order valence-corrected chi connectivity index (χ2v) is 14.7. The zero-order chi connectivity index (χ0) is 8.58. The summed E-state index contributed by atoms with van der Waals surface area (Å²) in [6, 6.07) is 0. The monoisotopic (exact) mass is 182 g/mol. The third kappa shape index (κ3) is 5.23. The van der Waals surface area contributed by atoms with Crippen LogP contribution in [0, 0.1) is 0 Å². The molecule has 0 aliphatic rings.